The number of hydrogen-bond donors (Lipinski definition) is 0. The van der Waals surface area contributed by atoms with Crippen LogP contribution in [-0.4, -0.2) is 24.8 Å². The Hall–Kier alpha value is -0.640. The van der Waals surface area contributed by atoms with Crippen molar-refractivity contribution in [3.63, 3.8) is 0 Å². The monoisotopic (exact) mass is 473 g/mol. The molecule has 0 saturated carbocycles. The van der Waals surface area contributed by atoms with Crippen molar-refractivity contribution in [3.8, 4) is 0 Å². The zero-order valence-corrected chi connectivity index (χ0v) is 22.7. The number of hydrogen-bond acceptors (Lipinski definition) is 5. The van der Waals surface area contributed by atoms with E-state index in [1.54, 1.807) is 0 Å². The Morgan fingerprint density at radius 2 is 0.938 bits per heavy atom. The second-order valence-corrected chi connectivity index (χ2v) is 10.2. The molecule has 0 aromatic carbocycles. The summed E-state index contributed by atoms with van der Waals surface area (Å²) in [6, 6.07) is 0. The first-order chi connectivity index (χ1) is 15.3. The van der Waals surface area contributed by atoms with Crippen LogP contribution >= 0.6 is 8.25 Å². The zero-order chi connectivity index (χ0) is 24.5. The van der Waals surface area contributed by atoms with Crippen LogP contribution in [0.25, 0.3) is 0 Å². The largest absolute Gasteiger partial charge is 0.698 e. The number of carbonyl (C=O) groups excluding carboxylic acids is 2. The number of rotatable bonds is 22. The van der Waals surface area contributed by atoms with Crippen molar-refractivity contribution in [2.75, 3.05) is 13.2 Å². The molecule has 0 heterocycles. The van der Waals surface area contributed by atoms with E-state index in [0.29, 0.717) is 0 Å². The molecule has 0 bridgehead atoms. The van der Waals surface area contributed by atoms with Crippen molar-refractivity contribution < 1.29 is 23.2 Å². The summed E-state index contributed by atoms with van der Waals surface area (Å²) >= 11 is 0. The van der Waals surface area contributed by atoms with Gasteiger partial charge in [0, 0.05) is 15.4 Å². The Morgan fingerprint density at radius 1 is 0.594 bits per heavy atom. The van der Waals surface area contributed by atoms with E-state index < -0.39 is 19.1 Å². The van der Waals surface area contributed by atoms with Crippen LogP contribution in [-0.2, 0) is 23.2 Å². The van der Waals surface area contributed by atoms with E-state index in [1.807, 2.05) is 27.7 Å². The SMILES string of the molecule is CCCCCCC(CC)(CC)C(=O)CO[P+](=O)OCC(=O)C(CC)(CC)CCCCCC. The quantitative estimate of drug-likeness (QED) is 0.117. The first-order valence-corrected chi connectivity index (χ1v) is 14.2. The molecule has 0 aliphatic carbocycles. The van der Waals surface area contributed by atoms with Crippen LogP contribution in [0.4, 0.5) is 0 Å². The van der Waals surface area contributed by atoms with E-state index in [4.69, 9.17) is 9.05 Å². The van der Waals surface area contributed by atoms with E-state index >= 15 is 0 Å². The lowest BCUT2D eigenvalue weighted by atomic mass is 9.74. The molecule has 0 aromatic rings. The topological polar surface area (TPSA) is 69.7 Å². The molecule has 0 atom stereocenters. The van der Waals surface area contributed by atoms with Crippen LogP contribution in [0.3, 0.4) is 0 Å². The highest BCUT2D eigenvalue weighted by atomic mass is 31.1. The van der Waals surface area contributed by atoms with Crippen molar-refractivity contribution >= 4 is 19.8 Å². The van der Waals surface area contributed by atoms with Crippen LogP contribution < -0.4 is 0 Å². The van der Waals surface area contributed by atoms with Gasteiger partial charge in [0.1, 0.15) is 0 Å². The van der Waals surface area contributed by atoms with Gasteiger partial charge < -0.3 is 0 Å². The molecule has 0 fully saturated rings. The Kier molecular flexibility index (Phi) is 17.4. The molecule has 0 saturated heterocycles. The van der Waals surface area contributed by atoms with Gasteiger partial charge in [-0.3, -0.25) is 9.59 Å². The fourth-order valence-corrected chi connectivity index (χ4v) is 5.14. The predicted octanol–water partition coefficient (Wildman–Crippen LogP) is 8.37. The molecule has 0 spiro atoms. The molecular formula is C26H50O5P+. The molecule has 188 valence electrons. The highest BCUT2D eigenvalue weighted by Crippen LogP contribution is 2.37. The standard InChI is InChI=1S/C26H50O5P/c1-7-13-15-17-19-25(9-3,10-4)23(27)21-30-32(29)31-22-24(28)26(11-5,12-6)20-18-16-14-8-2/h7-22H2,1-6H3/q+1. The van der Waals surface area contributed by atoms with Gasteiger partial charge in [0.25, 0.3) is 0 Å². The van der Waals surface area contributed by atoms with Crippen LogP contribution in [0.2, 0.25) is 0 Å². The van der Waals surface area contributed by atoms with Gasteiger partial charge in [-0.2, -0.15) is 0 Å². The maximum absolute atomic E-state index is 12.9. The predicted molar refractivity (Wildman–Crippen MR) is 133 cm³/mol. The molecule has 0 amide bonds. The van der Waals surface area contributed by atoms with Crippen molar-refractivity contribution in [2.24, 2.45) is 10.8 Å². The Morgan fingerprint density at radius 3 is 1.22 bits per heavy atom. The van der Waals surface area contributed by atoms with E-state index in [9.17, 15) is 14.2 Å². The number of carbonyl (C=O) groups is 2. The Labute approximate surface area is 198 Å². The second-order valence-electron chi connectivity index (χ2n) is 9.21. The van der Waals surface area contributed by atoms with Gasteiger partial charge in [-0.25, -0.2) is 0 Å². The lowest BCUT2D eigenvalue weighted by molar-refractivity contribution is -0.132. The van der Waals surface area contributed by atoms with Crippen LogP contribution in [0.5, 0.6) is 0 Å². The summed E-state index contributed by atoms with van der Waals surface area (Å²) in [5.74, 6) is -0.0191. The average molecular weight is 474 g/mol. The minimum Gasteiger partial charge on any atom is -0.296 e. The van der Waals surface area contributed by atoms with Crippen LogP contribution in [0.1, 0.15) is 131 Å². The minimum atomic E-state index is -2.49. The van der Waals surface area contributed by atoms with E-state index in [2.05, 4.69) is 13.8 Å². The molecule has 0 rings (SSSR count). The molecule has 0 unspecified atom stereocenters. The van der Waals surface area contributed by atoms with Gasteiger partial charge in [-0.15, -0.1) is 9.05 Å². The van der Waals surface area contributed by atoms with Crippen LogP contribution in [0.15, 0.2) is 0 Å². The average Bonchev–Trinajstić information content (AvgIpc) is 2.82. The molecule has 0 aromatic heterocycles. The summed E-state index contributed by atoms with van der Waals surface area (Å²) in [5, 5.41) is 0. The summed E-state index contributed by atoms with van der Waals surface area (Å²) in [7, 11) is -2.49. The van der Waals surface area contributed by atoms with Gasteiger partial charge in [0.05, 0.1) is 0 Å². The van der Waals surface area contributed by atoms with Gasteiger partial charge in [-0.1, -0.05) is 92.9 Å². The molecule has 5 nitrogen and oxygen atoms in total. The summed E-state index contributed by atoms with van der Waals surface area (Å²) in [6.45, 7) is 12.0. The van der Waals surface area contributed by atoms with Gasteiger partial charge in [-0.05, 0) is 38.5 Å². The smallest absolute Gasteiger partial charge is 0.296 e. The van der Waals surface area contributed by atoms with Crippen molar-refractivity contribution in [1.82, 2.24) is 0 Å². The highest BCUT2D eigenvalue weighted by molar-refractivity contribution is 7.33. The molecular weight excluding hydrogens is 423 g/mol. The lowest BCUT2D eigenvalue weighted by Gasteiger charge is -2.29. The third-order valence-corrected chi connectivity index (χ3v) is 8.19. The molecule has 0 aliphatic rings. The first-order valence-electron chi connectivity index (χ1n) is 13.1. The maximum atomic E-state index is 12.9. The Bertz CT molecular complexity index is 492. The summed E-state index contributed by atoms with van der Waals surface area (Å²) in [4.78, 5) is 25.8. The number of Topliss-reactive ketones (excluding diaryl/α,β-unsaturated/α-hetero) is 2. The zero-order valence-electron chi connectivity index (χ0n) is 21.8. The van der Waals surface area contributed by atoms with Crippen molar-refractivity contribution in [1.29, 1.82) is 0 Å². The van der Waals surface area contributed by atoms with Gasteiger partial charge in [0.2, 0.25) is 0 Å². The van der Waals surface area contributed by atoms with Gasteiger partial charge >= 0.3 is 8.25 Å². The van der Waals surface area contributed by atoms with E-state index in [1.165, 1.54) is 12.8 Å². The van der Waals surface area contributed by atoms with E-state index in [-0.39, 0.29) is 24.8 Å². The first kappa shape index (κ1) is 31.4. The van der Waals surface area contributed by atoms with Crippen LogP contribution in [0, 0.1) is 10.8 Å². The number of unbranched alkanes of at least 4 members (excludes halogenated alkanes) is 6. The maximum Gasteiger partial charge on any atom is 0.698 e. The lowest BCUT2D eigenvalue weighted by Crippen LogP contribution is -2.33. The molecule has 0 aliphatic heterocycles. The third-order valence-electron chi connectivity index (χ3n) is 7.51. The summed E-state index contributed by atoms with van der Waals surface area (Å²) in [5.41, 5.74) is -0.838. The van der Waals surface area contributed by atoms with Crippen molar-refractivity contribution in [3.05, 3.63) is 0 Å². The molecule has 0 N–H and O–H groups in total. The fraction of sp³-hybridized carbons (Fsp3) is 0.923. The van der Waals surface area contributed by atoms with Gasteiger partial charge in [0.15, 0.2) is 24.8 Å². The fourth-order valence-electron chi connectivity index (χ4n) is 4.62. The third kappa shape index (κ3) is 10.5. The summed E-state index contributed by atoms with van der Waals surface area (Å²) < 4.78 is 22.8. The van der Waals surface area contributed by atoms with Crippen molar-refractivity contribution in [2.45, 2.75) is 131 Å². The highest BCUT2D eigenvalue weighted by Gasteiger charge is 2.39. The van der Waals surface area contributed by atoms with E-state index in [0.717, 1.165) is 77.0 Å². The minimum absolute atomic E-state index is 0.00957. The number of ketones is 2. The molecule has 6 heteroatoms. The second kappa shape index (κ2) is 17.8. The normalized spacial score (nSPS) is 12.2. The molecule has 0 radical (unpaired) electrons. The molecule has 32 heavy (non-hydrogen) atoms. The Balaban J connectivity index is 4.69. The summed E-state index contributed by atoms with van der Waals surface area (Å²) in [6.07, 6.45) is 13.7.